The van der Waals surface area contributed by atoms with Gasteiger partial charge in [0.05, 0.1) is 7.11 Å². The zero-order valence-electron chi connectivity index (χ0n) is 13.1. The van der Waals surface area contributed by atoms with E-state index in [4.69, 9.17) is 9.47 Å². The van der Waals surface area contributed by atoms with Gasteiger partial charge < -0.3 is 14.4 Å². The Bertz CT molecular complexity index is 416. The number of benzene rings is 1. The van der Waals surface area contributed by atoms with Crippen molar-refractivity contribution in [1.29, 1.82) is 0 Å². The molecule has 4 heteroatoms. The molecular weight excluding hydrogens is 254 g/mol. The van der Waals surface area contributed by atoms with Crippen molar-refractivity contribution in [3.8, 4) is 5.75 Å². The Morgan fingerprint density at radius 3 is 2.35 bits per heavy atom. The molecule has 4 nitrogen and oxygen atoms in total. The molecule has 0 saturated heterocycles. The van der Waals surface area contributed by atoms with E-state index in [2.05, 4.69) is 0 Å². The first-order valence-electron chi connectivity index (χ1n) is 7.00. The number of likely N-dealkylation sites (N-methyl/N-ethyl adjacent to an activating group) is 1. The topological polar surface area (TPSA) is 38.8 Å². The van der Waals surface area contributed by atoms with Gasteiger partial charge in [0, 0.05) is 19.7 Å². The molecule has 1 rings (SSSR count). The Labute approximate surface area is 121 Å². The lowest BCUT2D eigenvalue weighted by molar-refractivity contribution is -0.142. The zero-order chi connectivity index (χ0) is 15.1. The molecule has 20 heavy (non-hydrogen) atoms. The molecule has 0 aliphatic rings. The third-order valence-corrected chi connectivity index (χ3v) is 3.46. The summed E-state index contributed by atoms with van der Waals surface area (Å²) in [4.78, 5) is 13.9. The summed E-state index contributed by atoms with van der Waals surface area (Å²) in [6.45, 7) is 6.28. The van der Waals surface area contributed by atoms with Gasteiger partial charge in [0.15, 0.2) is 0 Å². The number of amides is 1. The standard InChI is InChI=1S/C16H25NO3/c1-6-20-13(3)16(18)17(4)12(2)11-14-7-9-15(19-5)10-8-14/h7-10,12-13H,6,11H2,1-5H3/t12-,13+/m0/s1. The van der Waals surface area contributed by atoms with Crippen LogP contribution in [0.4, 0.5) is 0 Å². The van der Waals surface area contributed by atoms with Crippen LogP contribution in [0, 0.1) is 0 Å². The van der Waals surface area contributed by atoms with E-state index in [0.29, 0.717) is 6.61 Å². The Hall–Kier alpha value is -1.55. The number of hydrogen-bond donors (Lipinski definition) is 0. The fourth-order valence-corrected chi connectivity index (χ4v) is 2.06. The first kappa shape index (κ1) is 16.5. The van der Waals surface area contributed by atoms with Gasteiger partial charge in [0.1, 0.15) is 11.9 Å². The van der Waals surface area contributed by atoms with Crippen LogP contribution in [0.5, 0.6) is 5.75 Å². The molecule has 0 aliphatic heterocycles. The van der Waals surface area contributed by atoms with Crippen molar-refractivity contribution < 1.29 is 14.3 Å². The summed E-state index contributed by atoms with van der Waals surface area (Å²) in [5.74, 6) is 0.865. The second-order valence-electron chi connectivity index (χ2n) is 4.95. The summed E-state index contributed by atoms with van der Waals surface area (Å²) < 4.78 is 10.5. The predicted octanol–water partition coefficient (Wildman–Crippen LogP) is 2.51. The molecular formula is C16H25NO3. The largest absolute Gasteiger partial charge is 0.497 e. The molecule has 0 fully saturated rings. The van der Waals surface area contributed by atoms with Crippen LogP contribution in [0.3, 0.4) is 0 Å². The zero-order valence-corrected chi connectivity index (χ0v) is 13.1. The summed E-state index contributed by atoms with van der Waals surface area (Å²) in [6.07, 6.45) is 0.425. The number of hydrogen-bond acceptors (Lipinski definition) is 3. The third kappa shape index (κ3) is 4.53. The molecule has 112 valence electrons. The van der Waals surface area contributed by atoms with Crippen molar-refractivity contribution in [3.05, 3.63) is 29.8 Å². The smallest absolute Gasteiger partial charge is 0.251 e. The summed E-state index contributed by atoms with van der Waals surface area (Å²) in [5, 5.41) is 0. The Balaban J connectivity index is 2.60. The summed E-state index contributed by atoms with van der Waals surface area (Å²) in [6, 6.07) is 8.05. The fourth-order valence-electron chi connectivity index (χ4n) is 2.06. The van der Waals surface area contributed by atoms with E-state index in [0.717, 1.165) is 12.2 Å². The SMILES string of the molecule is CCO[C@H](C)C(=O)N(C)[C@@H](C)Cc1ccc(OC)cc1. The molecule has 0 heterocycles. The van der Waals surface area contributed by atoms with E-state index < -0.39 is 0 Å². The van der Waals surface area contributed by atoms with E-state index in [1.54, 1.807) is 18.9 Å². The third-order valence-electron chi connectivity index (χ3n) is 3.46. The van der Waals surface area contributed by atoms with Gasteiger partial charge in [-0.2, -0.15) is 0 Å². The Kier molecular flexibility index (Phi) is 6.52. The highest BCUT2D eigenvalue weighted by Crippen LogP contribution is 2.14. The van der Waals surface area contributed by atoms with Crippen molar-refractivity contribution in [2.75, 3.05) is 20.8 Å². The van der Waals surface area contributed by atoms with Crippen LogP contribution < -0.4 is 4.74 Å². The molecule has 0 unspecified atom stereocenters. The molecule has 0 bridgehead atoms. The van der Waals surface area contributed by atoms with Crippen LogP contribution in [0.1, 0.15) is 26.3 Å². The van der Waals surface area contributed by atoms with Gasteiger partial charge in [-0.05, 0) is 44.9 Å². The first-order valence-corrected chi connectivity index (χ1v) is 7.00. The summed E-state index contributed by atoms with van der Waals surface area (Å²) in [7, 11) is 3.48. The maximum Gasteiger partial charge on any atom is 0.251 e. The minimum Gasteiger partial charge on any atom is -0.497 e. The van der Waals surface area contributed by atoms with Crippen LogP contribution in [0.25, 0.3) is 0 Å². The molecule has 0 N–H and O–H groups in total. The highest BCUT2D eigenvalue weighted by molar-refractivity contribution is 5.80. The highest BCUT2D eigenvalue weighted by Gasteiger charge is 2.21. The average Bonchev–Trinajstić information content (AvgIpc) is 2.46. The van der Waals surface area contributed by atoms with Crippen LogP contribution >= 0.6 is 0 Å². The second-order valence-corrected chi connectivity index (χ2v) is 4.95. The molecule has 0 aliphatic carbocycles. The molecule has 2 atom stereocenters. The van der Waals surface area contributed by atoms with E-state index in [9.17, 15) is 4.79 Å². The lowest BCUT2D eigenvalue weighted by Crippen LogP contribution is -2.42. The highest BCUT2D eigenvalue weighted by atomic mass is 16.5. The minimum absolute atomic E-state index is 0.0212. The van der Waals surface area contributed by atoms with Gasteiger partial charge in [0.2, 0.25) is 0 Å². The number of rotatable bonds is 7. The normalized spacial score (nSPS) is 13.7. The Morgan fingerprint density at radius 1 is 1.25 bits per heavy atom. The number of ether oxygens (including phenoxy) is 2. The van der Waals surface area contributed by atoms with Gasteiger partial charge in [-0.1, -0.05) is 12.1 Å². The minimum atomic E-state index is -0.386. The molecule has 0 aromatic heterocycles. The fraction of sp³-hybridized carbons (Fsp3) is 0.562. The van der Waals surface area contributed by atoms with Crippen LogP contribution in [-0.2, 0) is 16.0 Å². The van der Waals surface area contributed by atoms with Crippen molar-refractivity contribution in [1.82, 2.24) is 4.90 Å². The van der Waals surface area contributed by atoms with Crippen LogP contribution in [0.15, 0.2) is 24.3 Å². The number of nitrogens with zero attached hydrogens (tertiary/aromatic N) is 1. The lowest BCUT2D eigenvalue weighted by atomic mass is 10.1. The molecule has 0 spiro atoms. The molecule has 0 saturated carbocycles. The molecule has 0 radical (unpaired) electrons. The summed E-state index contributed by atoms with van der Waals surface area (Å²) >= 11 is 0. The van der Waals surface area contributed by atoms with Gasteiger partial charge in [0.25, 0.3) is 5.91 Å². The van der Waals surface area contributed by atoms with Crippen molar-refractivity contribution in [3.63, 3.8) is 0 Å². The molecule has 1 aromatic rings. The maximum absolute atomic E-state index is 12.1. The summed E-state index contributed by atoms with van der Waals surface area (Å²) in [5.41, 5.74) is 1.18. The van der Waals surface area contributed by atoms with Crippen molar-refractivity contribution in [2.24, 2.45) is 0 Å². The van der Waals surface area contributed by atoms with E-state index in [1.807, 2.05) is 45.2 Å². The van der Waals surface area contributed by atoms with Crippen molar-refractivity contribution >= 4 is 5.91 Å². The second kappa shape index (κ2) is 7.90. The maximum atomic E-state index is 12.1. The van der Waals surface area contributed by atoms with Gasteiger partial charge in [-0.15, -0.1) is 0 Å². The first-order chi connectivity index (χ1) is 9.49. The number of methoxy groups -OCH3 is 1. The Morgan fingerprint density at radius 2 is 1.85 bits per heavy atom. The average molecular weight is 279 g/mol. The van der Waals surface area contributed by atoms with Crippen molar-refractivity contribution in [2.45, 2.75) is 39.3 Å². The number of carbonyl (C=O) groups excluding carboxylic acids is 1. The lowest BCUT2D eigenvalue weighted by Gasteiger charge is -2.27. The van der Waals surface area contributed by atoms with Gasteiger partial charge >= 0.3 is 0 Å². The van der Waals surface area contributed by atoms with E-state index in [-0.39, 0.29) is 18.1 Å². The van der Waals surface area contributed by atoms with Crippen LogP contribution in [-0.4, -0.2) is 43.7 Å². The quantitative estimate of drug-likeness (QED) is 0.770. The monoisotopic (exact) mass is 279 g/mol. The van der Waals surface area contributed by atoms with E-state index in [1.165, 1.54) is 5.56 Å². The van der Waals surface area contributed by atoms with Gasteiger partial charge in [-0.3, -0.25) is 4.79 Å². The van der Waals surface area contributed by atoms with Gasteiger partial charge in [-0.25, -0.2) is 0 Å². The molecule has 1 amide bonds. The predicted molar refractivity (Wildman–Crippen MR) is 80.0 cm³/mol. The van der Waals surface area contributed by atoms with E-state index >= 15 is 0 Å². The van der Waals surface area contributed by atoms with Crippen LogP contribution in [0.2, 0.25) is 0 Å². The number of carbonyl (C=O) groups is 1. The molecule has 1 aromatic carbocycles.